The van der Waals surface area contributed by atoms with Crippen LogP contribution in [-0.4, -0.2) is 80.6 Å². The number of hydrogen-bond donors (Lipinski definition) is 3. The van der Waals surface area contributed by atoms with Gasteiger partial charge in [0.2, 0.25) is 0 Å². The first-order valence-corrected chi connectivity index (χ1v) is 18.9. The maximum atomic E-state index is 13.9. The zero-order chi connectivity index (χ0) is 37.8. The molecule has 0 saturated carbocycles. The number of hydrazine groups is 1. The van der Waals surface area contributed by atoms with Crippen molar-refractivity contribution in [2.45, 2.75) is 105 Å². The molecule has 0 unspecified atom stereocenters. The van der Waals surface area contributed by atoms with Crippen LogP contribution in [0.15, 0.2) is 41.9 Å². The smallest absolute Gasteiger partial charge is 0.408 e. The molecule has 0 aliphatic carbocycles. The van der Waals surface area contributed by atoms with E-state index in [1.165, 1.54) is 23.5 Å². The van der Waals surface area contributed by atoms with Gasteiger partial charge in [0.1, 0.15) is 17.7 Å². The largest absolute Gasteiger partial charge is 0.468 e. The molecule has 3 N–H and O–H groups in total. The van der Waals surface area contributed by atoms with Crippen LogP contribution in [0.25, 0.3) is 33.4 Å². The molecule has 52 heavy (non-hydrogen) atoms. The van der Waals surface area contributed by atoms with Crippen molar-refractivity contribution in [3.8, 4) is 22.5 Å². The number of methoxy groups -OCH3 is 1. The van der Waals surface area contributed by atoms with Crippen LogP contribution in [0.2, 0.25) is 0 Å². The van der Waals surface area contributed by atoms with Gasteiger partial charge in [-0.15, -0.1) is 11.3 Å². The summed E-state index contributed by atoms with van der Waals surface area (Å²) in [6.07, 6.45) is 3.83. The van der Waals surface area contributed by atoms with Gasteiger partial charge in [-0.3, -0.25) is 19.6 Å². The summed E-state index contributed by atoms with van der Waals surface area (Å²) < 4.78 is 12.7. The van der Waals surface area contributed by atoms with Gasteiger partial charge in [0.05, 0.1) is 23.5 Å². The van der Waals surface area contributed by atoms with E-state index in [0.717, 1.165) is 57.6 Å². The lowest BCUT2D eigenvalue weighted by atomic mass is 9.84. The molecule has 12 nitrogen and oxygen atoms in total. The molecule has 4 heterocycles. The summed E-state index contributed by atoms with van der Waals surface area (Å²) in [5.74, 6) is -0.851. The second-order valence-corrected chi connectivity index (χ2v) is 16.0. The number of aliphatic hydroxyl groups is 1. The van der Waals surface area contributed by atoms with Gasteiger partial charge in [-0.1, -0.05) is 26.8 Å². The van der Waals surface area contributed by atoms with E-state index in [0.29, 0.717) is 30.8 Å². The second-order valence-electron chi connectivity index (χ2n) is 15.0. The van der Waals surface area contributed by atoms with E-state index in [4.69, 9.17) is 19.4 Å². The number of benzene rings is 1. The minimum Gasteiger partial charge on any atom is -0.468 e. The van der Waals surface area contributed by atoms with E-state index < -0.39 is 35.7 Å². The number of aliphatic hydroxyl groups excluding tert-OH is 1. The third kappa shape index (κ3) is 8.82. The van der Waals surface area contributed by atoms with Gasteiger partial charge in [-0.25, -0.2) is 15.2 Å². The number of nitrogens with one attached hydrogen (secondary N) is 2. The molecular formula is C39H52N6O6S. The van der Waals surface area contributed by atoms with Crippen molar-refractivity contribution in [3.63, 3.8) is 0 Å². The van der Waals surface area contributed by atoms with Gasteiger partial charge < -0.3 is 24.5 Å². The highest BCUT2D eigenvalue weighted by molar-refractivity contribution is 7.10. The van der Waals surface area contributed by atoms with Crippen LogP contribution in [-0.2, 0) is 44.9 Å². The number of aromatic nitrogens is 3. The van der Waals surface area contributed by atoms with Crippen molar-refractivity contribution < 1.29 is 29.0 Å². The van der Waals surface area contributed by atoms with Gasteiger partial charge in [0, 0.05) is 65.4 Å². The molecule has 2 amide bonds. The molecule has 2 atom stereocenters. The van der Waals surface area contributed by atoms with E-state index in [1.54, 1.807) is 20.8 Å². The van der Waals surface area contributed by atoms with Gasteiger partial charge in [-0.05, 0) is 88.6 Å². The van der Waals surface area contributed by atoms with Gasteiger partial charge >= 0.3 is 12.1 Å². The molecule has 4 aromatic rings. The van der Waals surface area contributed by atoms with Crippen molar-refractivity contribution in [2.75, 3.05) is 20.3 Å². The number of thiazole rings is 1. The molecule has 3 aromatic heterocycles. The fourth-order valence-electron chi connectivity index (χ4n) is 6.68. The van der Waals surface area contributed by atoms with Crippen molar-refractivity contribution >= 4 is 40.2 Å². The van der Waals surface area contributed by atoms with E-state index in [-0.39, 0.29) is 18.4 Å². The van der Waals surface area contributed by atoms with Crippen LogP contribution in [0.1, 0.15) is 77.6 Å². The van der Waals surface area contributed by atoms with Crippen LogP contribution in [0.5, 0.6) is 0 Å². The number of rotatable bonds is 12. The summed E-state index contributed by atoms with van der Waals surface area (Å²) in [6, 6.07) is 8.81. The fraction of sp³-hybridized carbons (Fsp3) is 0.513. The van der Waals surface area contributed by atoms with E-state index in [1.807, 2.05) is 17.6 Å². The Kier molecular flexibility index (Phi) is 12.1. The number of hydrogen-bond acceptors (Lipinski definition) is 10. The molecule has 0 spiro atoms. The number of fused-ring (bicyclic) bond motifs is 1. The van der Waals surface area contributed by atoms with Crippen LogP contribution in [0.4, 0.5) is 4.79 Å². The second kappa shape index (κ2) is 16.1. The summed E-state index contributed by atoms with van der Waals surface area (Å²) >= 11 is 1.41. The number of ether oxygens (including phenoxy) is 2. The third-order valence-corrected chi connectivity index (χ3v) is 10.1. The summed E-state index contributed by atoms with van der Waals surface area (Å²) in [7, 11) is 1.31. The summed E-state index contributed by atoms with van der Waals surface area (Å²) in [4.78, 5) is 48.7. The van der Waals surface area contributed by atoms with E-state index in [9.17, 15) is 19.5 Å². The lowest BCUT2D eigenvalue weighted by Crippen LogP contribution is -2.60. The number of esters is 1. The lowest BCUT2D eigenvalue weighted by molar-refractivity contribution is -0.150. The first-order chi connectivity index (χ1) is 24.7. The molecule has 0 radical (unpaired) electrons. The Bertz CT molecular complexity index is 1910. The minimum absolute atomic E-state index is 0.0432. The normalized spacial score (nSPS) is 15.8. The highest BCUT2D eigenvalue weighted by Crippen LogP contribution is 2.40. The van der Waals surface area contributed by atoms with Crippen LogP contribution < -0.4 is 10.7 Å². The molecule has 5 rings (SSSR count). The molecule has 0 bridgehead atoms. The Labute approximate surface area is 309 Å². The van der Waals surface area contributed by atoms with Gasteiger partial charge in [0.25, 0.3) is 5.91 Å². The Hall–Kier alpha value is -4.33. The number of alkyl carbamates (subject to hydrolysis) is 1. The predicted octanol–water partition coefficient (Wildman–Crippen LogP) is 6.07. The number of pyridine rings is 1. The maximum Gasteiger partial charge on any atom is 0.408 e. The average molecular weight is 733 g/mol. The number of carbonyl (C=O) groups is 3. The summed E-state index contributed by atoms with van der Waals surface area (Å²) in [6.45, 7) is 14.9. The Morgan fingerprint density at radius 1 is 1.15 bits per heavy atom. The Morgan fingerprint density at radius 2 is 1.92 bits per heavy atom. The maximum absolute atomic E-state index is 13.9. The molecule has 1 fully saturated rings. The average Bonchev–Trinajstić information content (AvgIpc) is 3.71. The van der Waals surface area contributed by atoms with Crippen LogP contribution >= 0.6 is 11.3 Å². The Morgan fingerprint density at radius 3 is 2.60 bits per heavy atom. The molecule has 1 saturated heterocycles. The van der Waals surface area contributed by atoms with Gasteiger partial charge in [0.15, 0.2) is 0 Å². The quantitative estimate of drug-likeness (QED) is 0.148. The molecule has 280 valence electrons. The van der Waals surface area contributed by atoms with Crippen molar-refractivity contribution in [3.05, 3.63) is 58.2 Å². The molecular weight excluding hydrogens is 681 g/mol. The standard InChI is InChI=1S/C39H52N6O6S/c1-9-28-25(13-11-17-40-28)34-27(21-39(6,7)23-46)26-19-24(15-16-32(26)44(34)10-2)31-22-52-33(41-31)20-30(42-37(49)51-38(3,4)5)35(47)45-18-12-14-29(43-45)36(48)50-8/h11,13,15-17,19,22,29-30,43,46H,9-10,12,14,18,20-21,23H2,1-8H3,(H,42,49)/t29-,30-/m0/s1. The molecule has 1 aliphatic heterocycles. The number of carbonyl (C=O) groups excluding carboxylic acids is 3. The van der Waals surface area contributed by atoms with Gasteiger partial charge in [-0.2, -0.15) is 0 Å². The van der Waals surface area contributed by atoms with E-state index in [2.05, 4.69) is 67.3 Å². The third-order valence-electron chi connectivity index (χ3n) is 9.20. The zero-order valence-corrected chi connectivity index (χ0v) is 32.4. The number of aryl methyl sites for hydroxylation is 2. The van der Waals surface area contributed by atoms with Crippen molar-refractivity contribution in [1.82, 2.24) is 30.3 Å². The van der Waals surface area contributed by atoms with Crippen molar-refractivity contribution in [2.24, 2.45) is 5.41 Å². The fourth-order valence-corrected chi connectivity index (χ4v) is 7.53. The highest BCUT2D eigenvalue weighted by Gasteiger charge is 2.34. The summed E-state index contributed by atoms with van der Waals surface area (Å²) in [5, 5.41) is 18.2. The molecule has 1 aliphatic rings. The number of amides is 2. The summed E-state index contributed by atoms with van der Waals surface area (Å²) in [5.41, 5.74) is 9.01. The van der Waals surface area contributed by atoms with E-state index >= 15 is 0 Å². The van der Waals surface area contributed by atoms with Crippen molar-refractivity contribution in [1.29, 1.82) is 0 Å². The molecule has 13 heteroatoms. The first kappa shape index (κ1) is 38.9. The van der Waals surface area contributed by atoms with Crippen LogP contribution in [0, 0.1) is 5.41 Å². The SMILES string of the molecule is CCc1ncccc1-c1c(CC(C)(C)CO)c2cc(-c3csc(C[C@H](NC(=O)OC(C)(C)C)C(=O)N4CCC[C@@H](C(=O)OC)N4)n3)ccc2n1CC. The Balaban J connectivity index is 1.51. The first-order valence-electron chi connectivity index (χ1n) is 18.0. The lowest BCUT2D eigenvalue weighted by Gasteiger charge is -2.34. The topological polar surface area (TPSA) is 148 Å². The molecule has 1 aromatic carbocycles. The zero-order valence-electron chi connectivity index (χ0n) is 31.5. The van der Waals surface area contributed by atoms with Crippen LogP contribution in [0.3, 0.4) is 0 Å². The minimum atomic E-state index is -0.999. The highest BCUT2D eigenvalue weighted by atomic mass is 32.1. The monoisotopic (exact) mass is 732 g/mol. The number of nitrogens with zero attached hydrogens (tertiary/aromatic N) is 4. The predicted molar refractivity (Wildman–Crippen MR) is 203 cm³/mol.